The first-order chi connectivity index (χ1) is 10.2. The van der Waals surface area contributed by atoms with E-state index in [9.17, 15) is 9.90 Å². The van der Waals surface area contributed by atoms with Gasteiger partial charge < -0.3 is 15.7 Å². The maximum Gasteiger partial charge on any atom is 0.315 e. The molecule has 0 radical (unpaired) electrons. The highest BCUT2D eigenvalue weighted by molar-refractivity contribution is 7.99. The van der Waals surface area contributed by atoms with Gasteiger partial charge in [0.05, 0.1) is 12.6 Å². The van der Waals surface area contributed by atoms with Crippen LogP contribution >= 0.6 is 11.8 Å². The number of aliphatic hydroxyl groups is 1. The van der Waals surface area contributed by atoms with Crippen LogP contribution in [0.15, 0.2) is 30.3 Å². The molecule has 1 aromatic carbocycles. The summed E-state index contributed by atoms with van der Waals surface area (Å²) >= 11 is 1.87. The number of thioether (sulfide) groups is 1. The van der Waals surface area contributed by atoms with Gasteiger partial charge in [0.2, 0.25) is 0 Å². The molecule has 5 heteroatoms. The Labute approximate surface area is 130 Å². The second-order valence-electron chi connectivity index (χ2n) is 5.55. The molecule has 3 unspecified atom stereocenters. The van der Waals surface area contributed by atoms with Crippen molar-refractivity contribution in [1.82, 2.24) is 10.6 Å². The minimum Gasteiger partial charge on any atom is -0.394 e. The Kier molecular flexibility index (Phi) is 6.39. The van der Waals surface area contributed by atoms with Crippen LogP contribution in [0.4, 0.5) is 4.79 Å². The highest BCUT2D eigenvalue weighted by Crippen LogP contribution is 2.27. The molecule has 4 nitrogen and oxygen atoms in total. The zero-order valence-electron chi connectivity index (χ0n) is 12.4. The lowest BCUT2D eigenvalue weighted by Gasteiger charge is -2.19. The number of aliphatic hydroxyl groups excluding tert-OH is 1. The van der Waals surface area contributed by atoms with E-state index >= 15 is 0 Å². The Balaban J connectivity index is 1.77. The van der Waals surface area contributed by atoms with Crippen LogP contribution in [0.25, 0.3) is 0 Å². The van der Waals surface area contributed by atoms with Crippen LogP contribution in [0.1, 0.15) is 24.8 Å². The number of amides is 2. The third-order valence-electron chi connectivity index (χ3n) is 3.93. The van der Waals surface area contributed by atoms with Gasteiger partial charge in [-0.15, -0.1) is 0 Å². The maximum atomic E-state index is 12.0. The molecule has 1 aliphatic rings. The second kappa shape index (κ2) is 8.29. The first-order valence-corrected chi connectivity index (χ1v) is 8.74. The summed E-state index contributed by atoms with van der Waals surface area (Å²) in [6, 6.07) is 9.74. The predicted molar refractivity (Wildman–Crippen MR) is 87.6 cm³/mol. The molecule has 0 aliphatic heterocycles. The molecule has 3 N–H and O–H groups in total. The van der Waals surface area contributed by atoms with Crippen molar-refractivity contribution in [1.29, 1.82) is 0 Å². The number of benzene rings is 1. The fourth-order valence-corrected chi connectivity index (χ4v) is 3.55. The van der Waals surface area contributed by atoms with E-state index in [0.29, 0.717) is 11.7 Å². The lowest BCUT2D eigenvalue weighted by molar-refractivity contribution is 0.213. The Morgan fingerprint density at radius 2 is 2.14 bits per heavy atom. The van der Waals surface area contributed by atoms with Gasteiger partial charge >= 0.3 is 6.03 Å². The van der Waals surface area contributed by atoms with Gasteiger partial charge in [-0.05, 0) is 37.5 Å². The molecule has 1 aliphatic carbocycles. The monoisotopic (exact) mass is 308 g/mol. The summed E-state index contributed by atoms with van der Waals surface area (Å²) in [5.74, 6) is 0. The number of hydrogen-bond acceptors (Lipinski definition) is 3. The highest BCUT2D eigenvalue weighted by Gasteiger charge is 2.25. The molecule has 0 saturated heterocycles. The molecule has 1 aromatic rings. The van der Waals surface area contributed by atoms with E-state index in [-0.39, 0.29) is 24.7 Å². The Bertz CT molecular complexity index is 441. The lowest BCUT2D eigenvalue weighted by atomic mass is 10.1. The Morgan fingerprint density at radius 3 is 2.76 bits per heavy atom. The van der Waals surface area contributed by atoms with E-state index in [1.807, 2.05) is 42.1 Å². The van der Waals surface area contributed by atoms with Crippen molar-refractivity contribution in [3.8, 4) is 0 Å². The number of rotatable bonds is 6. The average Bonchev–Trinajstić information content (AvgIpc) is 2.95. The molecule has 0 bridgehead atoms. The van der Waals surface area contributed by atoms with Crippen LogP contribution in [0.5, 0.6) is 0 Å². The average molecular weight is 308 g/mol. The first-order valence-electron chi connectivity index (χ1n) is 7.46. The van der Waals surface area contributed by atoms with E-state index in [1.54, 1.807) is 0 Å². The third kappa shape index (κ3) is 5.25. The van der Waals surface area contributed by atoms with Crippen molar-refractivity contribution >= 4 is 17.8 Å². The van der Waals surface area contributed by atoms with Crippen LogP contribution in [0.3, 0.4) is 0 Å². The zero-order chi connectivity index (χ0) is 15.1. The molecular formula is C16H24N2O2S. The maximum absolute atomic E-state index is 12.0. The summed E-state index contributed by atoms with van der Waals surface area (Å²) in [6.07, 6.45) is 6.01. The molecule has 1 fully saturated rings. The van der Waals surface area contributed by atoms with Crippen molar-refractivity contribution in [3.63, 3.8) is 0 Å². The third-order valence-corrected chi connectivity index (χ3v) is 5.03. The summed E-state index contributed by atoms with van der Waals surface area (Å²) in [7, 11) is 0. The lowest BCUT2D eigenvalue weighted by Crippen LogP contribution is -2.47. The van der Waals surface area contributed by atoms with Gasteiger partial charge in [-0.25, -0.2) is 4.79 Å². The number of nitrogens with one attached hydrogen (secondary N) is 2. The van der Waals surface area contributed by atoms with Crippen molar-refractivity contribution in [2.24, 2.45) is 0 Å². The van der Waals surface area contributed by atoms with Crippen LogP contribution in [-0.2, 0) is 6.42 Å². The van der Waals surface area contributed by atoms with E-state index < -0.39 is 0 Å². The smallest absolute Gasteiger partial charge is 0.315 e. The minimum atomic E-state index is -0.245. The van der Waals surface area contributed by atoms with Crippen LogP contribution in [0.2, 0.25) is 0 Å². The molecule has 0 spiro atoms. The van der Waals surface area contributed by atoms with Gasteiger partial charge in [0.15, 0.2) is 0 Å². The Morgan fingerprint density at radius 1 is 1.38 bits per heavy atom. The molecular weight excluding hydrogens is 284 g/mol. The fourth-order valence-electron chi connectivity index (χ4n) is 2.76. The SMILES string of the molecule is CSC1CCC(NC(=O)NC(CO)Cc2ccccc2)C1. The first kappa shape index (κ1) is 16.2. The molecule has 0 aromatic heterocycles. The van der Waals surface area contributed by atoms with Crippen LogP contribution in [-0.4, -0.2) is 41.3 Å². The van der Waals surface area contributed by atoms with Gasteiger partial charge in [-0.3, -0.25) is 0 Å². The van der Waals surface area contributed by atoms with Gasteiger partial charge in [0, 0.05) is 11.3 Å². The molecule has 3 atom stereocenters. The fraction of sp³-hybridized carbons (Fsp3) is 0.562. The minimum absolute atomic E-state index is 0.0551. The Hall–Kier alpha value is -1.20. The van der Waals surface area contributed by atoms with Crippen molar-refractivity contribution in [3.05, 3.63) is 35.9 Å². The van der Waals surface area contributed by atoms with Gasteiger partial charge in [0.25, 0.3) is 0 Å². The van der Waals surface area contributed by atoms with Gasteiger partial charge in [0.1, 0.15) is 0 Å². The van der Waals surface area contributed by atoms with E-state index in [2.05, 4.69) is 16.9 Å². The normalized spacial score (nSPS) is 22.8. The quantitative estimate of drug-likeness (QED) is 0.755. The zero-order valence-corrected chi connectivity index (χ0v) is 13.2. The summed E-state index contributed by atoms with van der Waals surface area (Å²) < 4.78 is 0. The van der Waals surface area contributed by atoms with Crippen molar-refractivity contribution in [2.45, 2.75) is 43.0 Å². The second-order valence-corrected chi connectivity index (χ2v) is 6.69. The molecule has 21 heavy (non-hydrogen) atoms. The summed E-state index contributed by atoms with van der Waals surface area (Å²) in [6.45, 7) is -0.0551. The number of hydrogen-bond donors (Lipinski definition) is 3. The topological polar surface area (TPSA) is 61.4 Å². The van der Waals surface area contributed by atoms with Crippen LogP contribution in [0, 0.1) is 0 Å². The van der Waals surface area contributed by atoms with E-state index in [4.69, 9.17) is 0 Å². The highest BCUT2D eigenvalue weighted by atomic mass is 32.2. The molecule has 2 amide bonds. The van der Waals surface area contributed by atoms with E-state index in [1.165, 1.54) is 6.42 Å². The molecule has 116 valence electrons. The van der Waals surface area contributed by atoms with Crippen LogP contribution < -0.4 is 10.6 Å². The molecule has 1 saturated carbocycles. The summed E-state index contributed by atoms with van der Waals surface area (Å²) in [5, 5.41) is 16.0. The molecule has 2 rings (SSSR count). The number of carbonyl (C=O) groups excluding carboxylic acids is 1. The number of urea groups is 1. The largest absolute Gasteiger partial charge is 0.394 e. The predicted octanol–water partition coefficient (Wildman–Crippen LogP) is 2.17. The molecule has 0 heterocycles. The van der Waals surface area contributed by atoms with Crippen molar-refractivity contribution in [2.75, 3.05) is 12.9 Å². The van der Waals surface area contributed by atoms with Gasteiger partial charge in [-0.2, -0.15) is 11.8 Å². The summed E-state index contributed by atoms with van der Waals surface area (Å²) in [4.78, 5) is 12.0. The summed E-state index contributed by atoms with van der Waals surface area (Å²) in [5.41, 5.74) is 1.11. The number of carbonyl (C=O) groups is 1. The van der Waals surface area contributed by atoms with E-state index in [0.717, 1.165) is 18.4 Å². The van der Waals surface area contributed by atoms with Crippen molar-refractivity contribution < 1.29 is 9.90 Å². The standard InChI is InChI=1S/C16H24N2O2S/c1-21-15-8-7-13(10-15)17-16(20)18-14(11-19)9-12-5-3-2-4-6-12/h2-6,13-15,19H,7-11H2,1H3,(H2,17,18,20). The van der Waals surface area contributed by atoms with Gasteiger partial charge in [-0.1, -0.05) is 30.3 Å².